The molecule has 1 spiro atoms. The number of rotatable bonds is 2. The Morgan fingerprint density at radius 1 is 0.931 bits per heavy atom. The Morgan fingerprint density at radius 2 is 1.76 bits per heavy atom. The zero-order valence-electron chi connectivity index (χ0n) is 16.0. The Morgan fingerprint density at radius 3 is 2.55 bits per heavy atom. The molecular formula is C24H23N3OS. The summed E-state index contributed by atoms with van der Waals surface area (Å²) in [6, 6.07) is 24.7. The molecular weight excluding hydrogens is 378 g/mol. The first-order chi connectivity index (χ1) is 14.1. The molecule has 5 rings (SSSR count). The van der Waals surface area contributed by atoms with Gasteiger partial charge in [-0.15, -0.1) is 0 Å². The van der Waals surface area contributed by atoms with E-state index in [4.69, 9.17) is 21.2 Å². The average molecular weight is 402 g/mol. The minimum atomic E-state index is -0.361. The molecule has 29 heavy (non-hydrogen) atoms. The lowest BCUT2D eigenvalue weighted by Gasteiger charge is -2.42. The van der Waals surface area contributed by atoms with Crippen molar-refractivity contribution in [2.24, 2.45) is 10.7 Å². The Hall–Kier alpha value is -2.92. The molecule has 0 aliphatic carbocycles. The van der Waals surface area contributed by atoms with Crippen LogP contribution in [0, 0.1) is 0 Å². The molecule has 4 N–H and O–H groups in total. The summed E-state index contributed by atoms with van der Waals surface area (Å²) in [5.41, 5.74) is 17.1. The van der Waals surface area contributed by atoms with Crippen LogP contribution in [0.25, 0.3) is 11.1 Å². The van der Waals surface area contributed by atoms with Crippen LogP contribution in [-0.2, 0) is 5.54 Å². The number of fused-ring (bicyclic) bond motifs is 2. The van der Waals surface area contributed by atoms with Crippen LogP contribution in [0.15, 0.2) is 77.8 Å². The highest BCUT2D eigenvalue weighted by molar-refractivity contribution is 8.13. The average Bonchev–Trinajstić information content (AvgIpc) is 2.74. The highest BCUT2D eigenvalue weighted by atomic mass is 32.2. The maximum absolute atomic E-state index is 6.45. The van der Waals surface area contributed by atoms with Gasteiger partial charge in [-0.1, -0.05) is 60.3 Å². The molecule has 2 unspecified atom stereocenters. The number of benzene rings is 3. The number of nitrogen functional groups attached to an aromatic ring is 1. The molecule has 0 saturated carbocycles. The third-order valence-corrected chi connectivity index (χ3v) is 6.55. The number of hydrogen-bond donors (Lipinski definition) is 2. The van der Waals surface area contributed by atoms with E-state index in [1.807, 2.05) is 24.3 Å². The monoisotopic (exact) mass is 401 g/mol. The van der Waals surface area contributed by atoms with E-state index in [1.54, 1.807) is 11.8 Å². The van der Waals surface area contributed by atoms with Crippen LogP contribution in [0.5, 0.6) is 5.75 Å². The standard InChI is InChI=1S/C24H23N3OS/c25-19-8-4-7-17(13-19)18-9-10-21-20(14-18)24(11-12-29-23(26)27-24)15-22(28-21)16-5-2-1-3-6-16/h1-10,13-14,22H,11-12,15,25H2,(H2,26,27). The van der Waals surface area contributed by atoms with Crippen molar-refractivity contribution in [3.63, 3.8) is 0 Å². The van der Waals surface area contributed by atoms with Crippen LogP contribution in [0.2, 0.25) is 0 Å². The number of nitrogens with two attached hydrogens (primary N) is 2. The summed E-state index contributed by atoms with van der Waals surface area (Å²) in [6.07, 6.45) is 1.69. The number of nitrogens with zero attached hydrogens (tertiary/aromatic N) is 1. The van der Waals surface area contributed by atoms with Crippen molar-refractivity contribution in [3.05, 3.63) is 83.9 Å². The van der Waals surface area contributed by atoms with Gasteiger partial charge in [-0.05, 0) is 47.4 Å². The molecule has 4 nitrogen and oxygen atoms in total. The van der Waals surface area contributed by atoms with Crippen LogP contribution < -0.4 is 16.2 Å². The van der Waals surface area contributed by atoms with Gasteiger partial charge in [0.1, 0.15) is 11.9 Å². The number of hydrogen-bond acceptors (Lipinski definition) is 5. The van der Waals surface area contributed by atoms with Crippen molar-refractivity contribution in [1.29, 1.82) is 0 Å². The fraction of sp³-hybridized carbons (Fsp3) is 0.208. The van der Waals surface area contributed by atoms with Gasteiger partial charge < -0.3 is 16.2 Å². The molecule has 0 fully saturated rings. The van der Waals surface area contributed by atoms with Crippen molar-refractivity contribution in [1.82, 2.24) is 0 Å². The van der Waals surface area contributed by atoms with Gasteiger partial charge in [-0.2, -0.15) is 0 Å². The zero-order chi connectivity index (χ0) is 19.8. The second kappa shape index (κ2) is 7.16. The van der Waals surface area contributed by atoms with Crippen LogP contribution in [0.4, 0.5) is 5.69 Å². The molecule has 0 bridgehead atoms. The maximum atomic E-state index is 6.45. The van der Waals surface area contributed by atoms with Crippen molar-refractivity contribution >= 4 is 22.6 Å². The van der Waals surface area contributed by atoms with Gasteiger partial charge >= 0.3 is 0 Å². The summed E-state index contributed by atoms with van der Waals surface area (Å²) in [7, 11) is 0. The molecule has 2 aliphatic heterocycles. The number of aliphatic imine (C=N–C) groups is 1. The zero-order valence-corrected chi connectivity index (χ0v) is 16.9. The second-order valence-corrected chi connectivity index (χ2v) is 8.75. The molecule has 2 heterocycles. The molecule has 3 aromatic carbocycles. The minimum absolute atomic E-state index is 0.0402. The molecule has 0 aromatic heterocycles. The Kier molecular flexibility index (Phi) is 4.47. The summed E-state index contributed by atoms with van der Waals surface area (Å²) in [5, 5.41) is 0.658. The highest BCUT2D eigenvalue weighted by Crippen LogP contribution is 2.51. The van der Waals surface area contributed by atoms with E-state index >= 15 is 0 Å². The quantitative estimate of drug-likeness (QED) is 0.586. The first-order valence-corrected chi connectivity index (χ1v) is 10.8. The number of amidine groups is 1. The topological polar surface area (TPSA) is 73.6 Å². The first kappa shape index (κ1) is 18.1. The molecule has 146 valence electrons. The van der Waals surface area contributed by atoms with Crippen LogP contribution in [0.1, 0.15) is 30.1 Å². The first-order valence-electron chi connectivity index (χ1n) is 9.83. The van der Waals surface area contributed by atoms with Crippen molar-refractivity contribution < 1.29 is 4.74 Å². The molecule has 0 radical (unpaired) electrons. The lowest BCUT2D eigenvalue weighted by Crippen LogP contribution is -2.37. The van der Waals surface area contributed by atoms with Gasteiger partial charge in [0, 0.05) is 23.4 Å². The fourth-order valence-corrected chi connectivity index (χ4v) is 5.21. The van der Waals surface area contributed by atoms with E-state index in [0.717, 1.165) is 46.7 Å². The summed E-state index contributed by atoms with van der Waals surface area (Å²) in [4.78, 5) is 5.00. The largest absolute Gasteiger partial charge is 0.485 e. The van der Waals surface area contributed by atoms with Crippen molar-refractivity contribution in [2.75, 3.05) is 11.5 Å². The summed E-state index contributed by atoms with van der Waals surface area (Å²) in [6.45, 7) is 0. The van der Waals surface area contributed by atoms with E-state index in [0.29, 0.717) is 5.17 Å². The van der Waals surface area contributed by atoms with Crippen molar-refractivity contribution in [3.8, 4) is 16.9 Å². The van der Waals surface area contributed by atoms with E-state index < -0.39 is 0 Å². The Labute approximate surface area is 175 Å². The molecule has 2 aliphatic rings. The second-order valence-electron chi connectivity index (χ2n) is 7.64. The Bertz CT molecular complexity index is 1080. The maximum Gasteiger partial charge on any atom is 0.154 e. The molecule has 5 heteroatoms. The molecule has 0 saturated heterocycles. The van der Waals surface area contributed by atoms with Gasteiger partial charge in [0.15, 0.2) is 5.17 Å². The molecule has 0 amide bonds. The fourth-order valence-electron chi connectivity index (χ4n) is 4.33. The lowest BCUT2D eigenvalue weighted by atomic mass is 9.78. The van der Waals surface area contributed by atoms with Gasteiger partial charge in [-0.3, -0.25) is 4.99 Å². The third-order valence-electron chi connectivity index (χ3n) is 5.75. The van der Waals surface area contributed by atoms with Gasteiger partial charge in [-0.25, -0.2) is 0 Å². The summed E-state index contributed by atoms with van der Waals surface area (Å²) in [5.74, 6) is 1.85. The SMILES string of the molecule is NC1=NC2(CCS1)CC(c1ccccc1)Oc1ccc(-c3cccc(N)c3)cc12. The van der Waals surface area contributed by atoms with Gasteiger partial charge in [0.05, 0.1) is 5.54 Å². The highest BCUT2D eigenvalue weighted by Gasteiger charge is 2.44. The van der Waals surface area contributed by atoms with Crippen LogP contribution in [0.3, 0.4) is 0 Å². The lowest BCUT2D eigenvalue weighted by molar-refractivity contribution is 0.123. The summed E-state index contributed by atoms with van der Waals surface area (Å²) < 4.78 is 6.45. The van der Waals surface area contributed by atoms with E-state index in [-0.39, 0.29) is 11.6 Å². The smallest absolute Gasteiger partial charge is 0.154 e. The van der Waals surface area contributed by atoms with E-state index in [2.05, 4.69) is 48.5 Å². The predicted octanol–water partition coefficient (Wildman–Crippen LogP) is 5.11. The molecule has 3 aromatic rings. The normalized spacial score (nSPS) is 23.2. The predicted molar refractivity (Wildman–Crippen MR) is 121 cm³/mol. The van der Waals surface area contributed by atoms with Gasteiger partial charge in [0.25, 0.3) is 0 Å². The van der Waals surface area contributed by atoms with E-state index in [9.17, 15) is 0 Å². The Balaban J connectivity index is 1.64. The van der Waals surface area contributed by atoms with Crippen LogP contribution >= 0.6 is 11.8 Å². The third kappa shape index (κ3) is 3.36. The number of anilines is 1. The molecule has 2 atom stereocenters. The number of thioether (sulfide) groups is 1. The minimum Gasteiger partial charge on any atom is -0.485 e. The number of ether oxygens (including phenoxy) is 1. The summed E-state index contributed by atoms with van der Waals surface area (Å²) >= 11 is 1.63. The van der Waals surface area contributed by atoms with Gasteiger partial charge in [0.2, 0.25) is 0 Å². The van der Waals surface area contributed by atoms with E-state index in [1.165, 1.54) is 5.56 Å². The van der Waals surface area contributed by atoms with Crippen molar-refractivity contribution in [2.45, 2.75) is 24.5 Å². The van der Waals surface area contributed by atoms with Crippen LogP contribution in [-0.4, -0.2) is 10.9 Å².